The van der Waals surface area contributed by atoms with Gasteiger partial charge >= 0.3 is 0 Å². The molecule has 1 saturated heterocycles. The van der Waals surface area contributed by atoms with Crippen LogP contribution in [0.2, 0.25) is 0 Å². The first-order valence-electron chi connectivity index (χ1n) is 6.93. The summed E-state index contributed by atoms with van der Waals surface area (Å²) >= 11 is 0. The van der Waals surface area contributed by atoms with Crippen molar-refractivity contribution in [1.82, 2.24) is 10.6 Å². The SMILES string of the molecule is CC(C)CCNC(=O)C(C)(C)C1CCCNC1. The molecular formula is C14H28N2O. The summed E-state index contributed by atoms with van der Waals surface area (Å²) in [4.78, 5) is 12.2. The van der Waals surface area contributed by atoms with Crippen LogP contribution in [0.25, 0.3) is 0 Å². The first-order valence-corrected chi connectivity index (χ1v) is 6.93. The summed E-state index contributed by atoms with van der Waals surface area (Å²) in [5.74, 6) is 1.33. The predicted molar refractivity (Wildman–Crippen MR) is 71.8 cm³/mol. The number of carbonyl (C=O) groups is 1. The van der Waals surface area contributed by atoms with E-state index in [1.807, 2.05) is 0 Å². The van der Waals surface area contributed by atoms with Crippen molar-refractivity contribution in [3.63, 3.8) is 0 Å². The Hall–Kier alpha value is -0.570. The Kier molecular flexibility index (Phi) is 5.44. The van der Waals surface area contributed by atoms with E-state index in [4.69, 9.17) is 0 Å². The monoisotopic (exact) mass is 240 g/mol. The Balaban J connectivity index is 2.41. The van der Waals surface area contributed by atoms with Gasteiger partial charge in [0, 0.05) is 12.0 Å². The molecule has 1 fully saturated rings. The Morgan fingerprint density at radius 2 is 2.18 bits per heavy atom. The minimum Gasteiger partial charge on any atom is -0.356 e. The second-order valence-electron chi connectivity index (χ2n) is 6.20. The van der Waals surface area contributed by atoms with Crippen molar-refractivity contribution in [2.45, 2.75) is 47.0 Å². The summed E-state index contributed by atoms with van der Waals surface area (Å²) < 4.78 is 0. The molecule has 17 heavy (non-hydrogen) atoms. The average Bonchev–Trinajstić information content (AvgIpc) is 2.29. The van der Waals surface area contributed by atoms with Crippen LogP contribution in [0.15, 0.2) is 0 Å². The van der Waals surface area contributed by atoms with Crippen LogP contribution in [0.1, 0.15) is 47.0 Å². The number of hydrogen-bond donors (Lipinski definition) is 2. The molecule has 0 radical (unpaired) electrons. The smallest absolute Gasteiger partial charge is 0.225 e. The molecule has 1 unspecified atom stereocenters. The quantitative estimate of drug-likeness (QED) is 0.773. The molecule has 1 amide bonds. The number of rotatable bonds is 5. The van der Waals surface area contributed by atoms with Crippen molar-refractivity contribution in [2.75, 3.05) is 19.6 Å². The van der Waals surface area contributed by atoms with Gasteiger partial charge in [-0.1, -0.05) is 27.7 Å². The predicted octanol–water partition coefficient (Wildman–Crippen LogP) is 2.17. The Labute approximate surface area is 106 Å². The van der Waals surface area contributed by atoms with Crippen molar-refractivity contribution in [1.29, 1.82) is 0 Å². The zero-order chi connectivity index (χ0) is 12.9. The third-order valence-corrected chi connectivity index (χ3v) is 3.91. The molecule has 0 aromatic heterocycles. The third-order valence-electron chi connectivity index (χ3n) is 3.91. The van der Waals surface area contributed by atoms with E-state index < -0.39 is 0 Å². The van der Waals surface area contributed by atoms with Gasteiger partial charge in [0.2, 0.25) is 5.91 Å². The molecule has 0 saturated carbocycles. The van der Waals surface area contributed by atoms with Crippen molar-refractivity contribution in [3.05, 3.63) is 0 Å². The first-order chi connectivity index (χ1) is 7.94. The van der Waals surface area contributed by atoms with Crippen LogP contribution in [-0.2, 0) is 4.79 Å². The van der Waals surface area contributed by atoms with Crippen molar-refractivity contribution < 1.29 is 4.79 Å². The van der Waals surface area contributed by atoms with E-state index in [1.54, 1.807) is 0 Å². The Morgan fingerprint density at radius 3 is 2.71 bits per heavy atom. The molecule has 3 nitrogen and oxygen atoms in total. The van der Waals surface area contributed by atoms with Gasteiger partial charge in [-0.05, 0) is 44.2 Å². The van der Waals surface area contributed by atoms with Crippen LogP contribution in [0, 0.1) is 17.3 Å². The zero-order valence-corrected chi connectivity index (χ0v) is 11.8. The summed E-state index contributed by atoms with van der Waals surface area (Å²) in [6.07, 6.45) is 3.41. The van der Waals surface area contributed by atoms with Gasteiger partial charge in [-0.25, -0.2) is 0 Å². The second-order valence-corrected chi connectivity index (χ2v) is 6.20. The highest BCUT2D eigenvalue weighted by Gasteiger charge is 2.36. The standard InChI is InChI=1S/C14H28N2O/c1-11(2)7-9-16-13(17)14(3,4)12-6-5-8-15-10-12/h11-12,15H,5-10H2,1-4H3,(H,16,17). The number of amides is 1. The van der Waals surface area contributed by atoms with Crippen molar-refractivity contribution in [2.24, 2.45) is 17.3 Å². The highest BCUT2D eigenvalue weighted by atomic mass is 16.2. The van der Waals surface area contributed by atoms with Crippen molar-refractivity contribution >= 4 is 5.91 Å². The lowest BCUT2D eigenvalue weighted by molar-refractivity contribution is -0.132. The van der Waals surface area contributed by atoms with Crippen molar-refractivity contribution in [3.8, 4) is 0 Å². The van der Waals surface area contributed by atoms with Gasteiger partial charge < -0.3 is 10.6 Å². The largest absolute Gasteiger partial charge is 0.356 e. The summed E-state index contributed by atoms with van der Waals surface area (Å²) in [5, 5.41) is 6.47. The number of hydrogen-bond acceptors (Lipinski definition) is 2. The molecule has 100 valence electrons. The molecule has 3 heteroatoms. The van der Waals surface area contributed by atoms with E-state index in [9.17, 15) is 4.79 Å². The molecule has 1 rings (SSSR count). The second kappa shape index (κ2) is 6.39. The fourth-order valence-corrected chi connectivity index (χ4v) is 2.36. The maximum absolute atomic E-state index is 12.2. The molecule has 0 aliphatic carbocycles. The lowest BCUT2D eigenvalue weighted by Gasteiger charge is -2.36. The average molecular weight is 240 g/mol. The zero-order valence-electron chi connectivity index (χ0n) is 11.8. The molecule has 0 bridgehead atoms. The molecular weight excluding hydrogens is 212 g/mol. The lowest BCUT2D eigenvalue weighted by atomic mass is 9.74. The van der Waals surface area contributed by atoms with Gasteiger partial charge in [-0.15, -0.1) is 0 Å². The number of nitrogens with one attached hydrogen (secondary N) is 2. The fraction of sp³-hybridized carbons (Fsp3) is 0.929. The van der Waals surface area contributed by atoms with Crippen LogP contribution < -0.4 is 10.6 Å². The summed E-state index contributed by atoms with van der Waals surface area (Å²) in [7, 11) is 0. The minimum absolute atomic E-state index is 0.215. The normalized spacial score (nSPS) is 21.6. The minimum atomic E-state index is -0.246. The molecule has 0 aromatic rings. The van der Waals surface area contributed by atoms with E-state index in [2.05, 4.69) is 38.3 Å². The summed E-state index contributed by atoms with van der Waals surface area (Å²) in [5.41, 5.74) is -0.246. The third kappa shape index (κ3) is 4.30. The highest BCUT2D eigenvalue weighted by Crippen LogP contribution is 2.31. The summed E-state index contributed by atoms with van der Waals surface area (Å²) in [6, 6.07) is 0. The van der Waals surface area contributed by atoms with Gasteiger partial charge in [0.05, 0.1) is 0 Å². The van der Waals surface area contributed by atoms with Gasteiger partial charge in [0.1, 0.15) is 0 Å². The number of piperidine rings is 1. The van der Waals surface area contributed by atoms with Crippen LogP contribution in [-0.4, -0.2) is 25.5 Å². The van der Waals surface area contributed by atoms with E-state index >= 15 is 0 Å². The van der Waals surface area contributed by atoms with Crippen LogP contribution >= 0.6 is 0 Å². The molecule has 0 aromatic carbocycles. The van der Waals surface area contributed by atoms with Gasteiger partial charge in [0.25, 0.3) is 0 Å². The Bertz CT molecular complexity index is 243. The van der Waals surface area contributed by atoms with Crippen LogP contribution in [0.4, 0.5) is 0 Å². The molecule has 1 atom stereocenters. The lowest BCUT2D eigenvalue weighted by Crippen LogP contribution is -2.47. The first kappa shape index (κ1) is 14.5. The maximum Gasteiger partial charge on any atom is 0.225 e. The molecule has 0 spiro atoms. The van der Waals surface area contributed by atoms with E-state index in [1.165, 1.54) is 6.42 Å². The summed E-state index contributed by atoms with van der Waals surface area (Å²) in [6.45, 7) is 11.4. The van der Waals surface area contributed by atoms with Crippen LogP contribution in [0.3, 0.4) is 0 Å². The van der Waals surface area contributed by atoms with Gasteiger partial charge in [-0.3, -0.25) is 4.79 Å². The van der Waals surface area contributed by atoms with E-state index in [0.717, 1.165) is 32.5 Å². The van der Waals surface area contributed by atoms with Gasteiger partial charge in [0.15, 0.2) is 0 Å². The maximum atomic E-state index is 12.2. The van der Waals surface area contributed by atoms with Gasteiger partial charge in [-0.2, -0.15) is 0 Å². The number of carbonyl (C=O) groups excluding carboxylic acids is 1. The van der Waals surface area contributed by atoms with Crippen LogP contribution in [0.5, 0.6) is 0 Å². The fourth-order valence-electron chi connectivity index (χ4n) is 2.36. The Morgan fingerprint density at radius 1 is 1.47 bits per heavy atom. The molecule has 1 heterocycles. The highest BCUT2D eigenvalue weighted by molar-refractivity contribution is 5.82. The molecule has 1 aliphatic heterocycles. The molecule has 2 N–H and O–H groups in total. The van der Waals surface area contributed by atoms with E-state index in [0.29, 0.717) is 11.8 Å². The molecule has 1 aliphatic rings. The topological polar surface area (TPSA) is 41.1 Å². The van der Waals surface area contributed by atoms with E-state index in [-0.39, 0.29) is 11.3 Å².